The zero-order valence-corrected chi connectivity index (χ0v) is 15.2. The molecule has 134 valence electrons. The zero-order valence-electron chi connectivity index (χ0n) is 15.2. The lowest BCUT2D eigenvalue weighted by Crippen LogP contribution is -2.43. The molecule has 2 aromatic heterocycles. The molecule has 0 aliphatic carbocycles. The summed E-state index contributed by atoms with van der Waals surface area (Å²) in [4.78, 5) is 7.34. The number of likely N-dealkylation sites (tertiary alicyclic amines) is 1. The molecular formula is C20H27N3O2. The van der Waals surface area contributed by atoms with E-state index in [1.165, 1.54) is 50.0 Å². The van der Waals surface area contributed by atoms with Crippen LogP contribution in [-0.4, -0.2) is 47.4 Å². The highest BCUT2D eigenvalue weighted by atomic mass is 16.5. The summed E-state index contributed by atoms with van der Waals surface area (Å²) in [6, 6.07) is 5.02. The predicted molar refractivity (Wildman–Crippen MR) is 96.6 cm³/mol. The van der Waals surface area contributed by atoms with E-state index >= 15 is 0 Å². The van der Waals surface area contributed by atoms with E-state index in [1.54, 1.807) is 0 Å². The van der Waals surface area contributed by atoms with Gasteiger partial charge in [0.2, 0.25) is 0 Å². The predicted octanol–water partition coefficient (Wildman–Crippen LogP) is 3.71. The third-order valence-electron chi connectivity index (χ3n) is 5.76. The Kier molecular flexibility index (Phi) is 4.86. The third kappa shape index (κ3) is 3.48. The van der Waals surface area contributed by atoms with E-state index in [-0.39, 0.29) is 0 Å². The van der Waals surface area contributed by atoms with Crippen LogP contribution in [0.1, 0.15) is 48.7 Å². The first-order valence-corrected chi connectivity index (χ1v) is 9.43. The lowest BCUT2D eigenvalue weighted by Gasteiger charge is -2.39. The molecule has 25 heavy (non-hydrogen) atoms. The highest BCUT2D eigenvalue weighted by Gasteiger charge is 2.28. The molecule has 0 aromatic carbocycles. The average molecular weight is 341 g/mol. The Labute approximate surface area is 149 Å². The summed E-state index contributed by atoms with van der Waals surface area (Å²) < 4.78 is 10.8. The van der Waals surface area contributed by atoms with Crippen LogP contribution < -0.4 is 0 Å². The number of piperidine rings is 1. The molecule has 0 spiro atoms. The van der Waals surface area contributed by atoms with E-state index in [9.17, 15) is 0 Å². The van der Waals surface area contributed by atoms with Gasteiger partial charge in [0.25, 0.3) is 0 Å². The van der Waals surface area contributed by atoms with Gasteiger partial charge in [-0.3, -0.25) is 4.98 Å². The summed E-state index contributed by atoms with van der Waals surface area (Å²) in [5.41, 5.74) is 4.45. The molecule has 0 unspecified atom stereocenters. The van der Waals surface area contributed by atoms with Crippen LogP contribution in [-0.2, 0) is 4.74 Å². The van der Waals surface area contributed by atoms with Gasteiger partial charge in [0.15, 0.2) is 0 Å². The van der Waals surface area contributed by atoms with Gasteiger partial charge in [0, 0.05) is 42.6 Å². The van der Waals surface area contributed by atoms with Crippen molar-refractivity contribution in [3.8, 4) is 11.1 Å². The van der Waals surface area contributed by atoms with Gasteiger partial charge in [-0.1, -0.05) is 5.16 Å². The summed E-state index contributed by atoms with van der Waals surface area (Å²) in [6.45, 7) is 8.16. The Hall–Kier alpha value is -1.72. The highest BCUT2D eigenvalue weighted by molar-refractivity contribution is 5.67. The van der Waals surface area contributed by atoms with Crippen LogP contribution in [0.25, 0.3) is 11.1 Å². The maximum atomic E-state index is 5.50. The normalized spacial score (nSPS) is 20.9. The molecule has 4 rings (SSSR count). The number of aromatic nitrogens is 2. The minimum absolute atomic E-state index is 0.552. The lowest BCUT2D eigenvalue weighted by molar-refractivity contribution is 0.0250. The molecule has 5 heteroatoms. The monoisotopic (exact) mass is 341 g/mol. The molecule has 2 aromatic rings. The first-order valence-electron chi connectivity index (χ1n) is 9.43. The molecule has 2 aliphatic heterocycles. The van der Waals surface area contributed by atoms with E-state index < -0.39 is 0 Å². The summed E-state index contributed by atoms with van der Waals surface area (Å²) in [6.07, 6.45) is 6.68. The summed E-state index contributed by atoms with van der Waals surface area (Å²) in [7, 11) is 0. The minimum atomic E-state index is 0.552. The van der Waals surface area contributed by atoms with Crippen LogP contribution in [0.4, 0.5) is 0 Å². The number of nitrogens with zero attached hydrogens (tertiary/aromatic N) is 3. The number of pyridine rings is 1. The molecule has 2 aliphatic rings. The summed E-state index contributed by atoms with van der Waals surface area (Å²) in [5.74, 6) is 1.43. The van der Waals surface area contributed by atoms with Crippen molar-refractivity contribution >= 4 is 0 Å². The number of aryl methyl sites for hydroxylation is 2. The number of hydrogen-bond donors (Lipinski definition) is 0. The molecule has 2 fully saturated rings. The average Bonchev–Trinajstić information content (AvgIpc) is 3.01. The maximum absolute atomic E-state index is 5.50. The Balaban J connectivity index is 1.46. The fourth-order valence-electron chi connectivity index (χ4n) is 4.33. The fraction of sp³-hybridized carbons (Fsp3) is 0.600. The Morgan fingerprint density at radius 3 is 2.52 bits per heavy atom. The van der Waals surface area contributed by atoms with Gasteiger partial charge in [0.05, 0.1) is 5.69 Å². The molecule has 0 radical (unpaired) electrons. The zero-order chi connectivity index (χ0) is 17.2. The Bertz CT molecular complexity index is 694. The largest absolute Gasteiger partial charge is 0.381 e. The SMILES string of the molecule is Cc1noc(C)c1-c1ccnc(C2CCN(C3CCOCC3)CC2)c1. The number of ether oxygens (including phenoxy) is 1. The minimum Gasteiger partial charge on any atom is -0.381 e. The highest BCUT2D eigenvalue weighted by Crippen LogP contribution is 2.33. The standard InChI is InChI=1S/C20H27N3O2/c1-14-20(15(2)25-22-14)17-3-8-21-19(13-17)16-4-9-23(10-5-16)18-6-11-24-12-7-18/h3,8,13,16,18H,4-7,9-12H2,1-2H3. The van der Waals surface area contributed by atoms with Crippen molar-refractivity contribution < 1.29 is 9.26 Å². The summed E-state index contributed by atoms with van der Waals surface area (Å²) >= 11 is 0. The van der Waals surface area contributed by atoms with Crippen LogP contribution in [0.5, 0.6) is 0 Å². The van der Waals surface area contributed by atoms with Crippen LogP contribution in [0.3, 0.4) is 0 Å². The Morgan fingerprint density at radius 2 is 1.84 bits per heavy atom. The molecule has 0 saturated carbocycles. The number of rotatable bonds is 3. The van der Waals surface area contributed by atoms with E-state index in [0.29, 0.717) is 5.92 Å². The first-order chi connectivity index (χ1) is 12.2. The van der Waals surface area contributed by atoms with Gasteiger partial charge < -0.3 is 14.2 Å². The van der Waals surface area contributed by atoms with E-state index in [0.717, 1.165) is 36.3 Å². The molecule has 0 bridgehead atoms. The van der Waals surface area contributed by atoms with E-state index in [4.69, 9.17) is 9.26 Å². The van der Waals surface area contributed by atoms with Crippen molar-refractivity contribution in [3.05, 3.63) is 35.5 Å². The quantitative estimate of drug-likeness (QED) is 0.852. The van der Waals surface area contributed by atoms with Gasteiger partial charge >= 0.3 is 0 Å². The van der Waals surface area contributed by atoms with Crippen molar-refractivity contribution in [2.24, 2.45) is 0 Å². The van der Waals surface area contributed by atoms with Crippen molar-refractivity contribution in [1.82, 2.24) is 15.0 Å². The van der Waals surface area contributed by atoms with Crippen LogP contribution in [0.2, 0.25) is 0 Å². The van der Waals surface area contributed by atoms with E-state index in [2.05, 4.69) is 27.2 Å². The van der Waals surface area contributed by atoms with Crippen molar-refractivity contribution in [3.63, 3.8) is 0 Å². The molecular weight excluding hydrogens is 314 g/mol. The van der Waals surface area contributed by atoms with Gasteiger partial charge in [0.1, 0.15) is 5.76 Å². The van der Waals surface area contributed by atoms with Crippen molar-refractivity contribution in [2.75, 3.05) is 26.3 Å². The molecule has 0 N–H and O–H groups in total. The van der Waals surface area contributed by atoms with Crippen molar-refractivity contribution in [1.29, 1.82) is 0 Å². The third-order valence-corrected chi connectivity index (χ3v) is 5.76. The van der Waals surface area contributed by atoms with Crippen LogP contribution in [0.15, 0.2) is 22.9 Å². The molecule has 4 heterocycles. The second-order valence-electron chi connectivity index (χ2n) is 7.32. The van der Waals surface area contributed by atoms with Crippen molar-refractivity contribution in [2.45, 2.75) is 51.5 Å². The Morgan fingerprint density at radius 1 is 1.08 bits per heavy atom. The smallest absolute Gasteiger partial charge is 0.141 e. The molecule has 0 atom stereocenters. The second-order valence-corrected chi connectivity index (χ2v) is 7.32. The molecule has 2 saturated heterocycles. The lowest BCUT2D eigenvalue weighted by atomic mass is 9.90. The van der Waals surface area contributed by atoms with Gasteiger partial charge in [-0.2, -0.15) is 0 Å². The topological polar surface area (TPSA) is 51.4 Å². The first kappa shape index (κ1) is 16.7. The fourth-order valence-corrected chi connectivity index (χ4v) is 4.33. The molecule has 0 amide bonds. The van der Waals surface area contributed by atoms with Crippen LogP contribution >= 0.6 is 0 Å². The van der Waals surface area contributed by atoms with Gasteiger partial charge in [-0.15, -0.1) is 0 Å². The summed E-state index contributed by atoms with van der Waals surface area (Å²) in [5, 5.41) is 4.08. The van der Waals surface area contributed by atoms with Gasteiger partial charge in [-0.05, 0) is 70.3 Å². The maximum Gasteiger partial charge on any atom is 0.141 e. The van der Waals surface area contributed by atoms with E-state index in [1.807, 2.05) is 20.0 Å². The number of hydrogen-bond acceptors (Lipinski definition) is 5. The van der Waals surface area contributed by atoms with Crippen LogP contribution in [0, 0.1) is 13.8 Å². The second kappa shape index (κ2) is 7.26. The van der Waals surface area contributed by atoms with Gasteiger partial charge in [-0.25, -0.2) is 0 Å². The molecule has 5 nitrogen and oxygen atoms in total.